The van der Waals surface area contributed by atoms with Crippen molar-refractivity contribution in [2.75, 3.05) is 21.1 Å². The summed E-state index contributed by atoms with van der Waals surface area (Å²) in [6.07, 6.45) is -0.214. The van der Waals surface area contributed by atoms with Gasteiger partial charge in [0.05, 0.1) is 6.17 Å². The van der Waals surface area contributed by atoms with Gasteiger partial charge in [0, 0.05) is 7.05 Å². The third-order valence-corrected chi connectivity index (χ3v) is 1.81. The van der Waals surface area contributed by atoms with Crippen LogP contribution in [0.1, 0.15) is 6.92 Å². The van der Waals surface area contributed by atoms with Gasteiger partial charge in [-0.25, -0.2) is 4.79 Å². The zero-order valence-corrected chi connectivity index (χ0v) is 7.74. The van der Waals surface area contributed by atoms with Crippen LogP contribution in [0.15, 0.2) is 0 Å². The average Bonchev–Trinajstić information content (AvgIpc) is 2.00. The normalized spacial score (nSPS) is 12.8. The van der Waals surface area contributed by atoms with E-state index >= 15 is 0 Å². The molecule has 0 heterocycles. The number of carboxylic acids is 1. The van der Waals surface area contributed by atoms with Crippen LogP contribution >= 0.6 is 0 Å². The van der Waals surface area contributed by atoms with Crippen LogP contribution < -0.4 is 0 Å². The number of rotatable bonds is 2. The highest BCUT2D eigenvalue weighted by molar-refractivity contribution is 6.31. The summed E-state index contributed by atoms with van der Waals surface area (Å²) in [6, 6.07) is 0. The van der Waals surface area contributed by atoms with Crippen molar-refractivity contribution in [2.45, 2.75) is 13.1 Å². The lowest BCUT2D eigenvalue weighted by Gasteiger charge is -2.28. The molecular formula is C7H14N2O3. The van der Waals surface area contributed by atoms with Crippen LogP contribution in [0, 0.1) is 0 Å². The lowest BCUT2D eigenvalue weighted by Crippen LogP contribution is -2.46. The average molecular weight is 174 g/mol. The molecule has 0 aliphatic heterocycles. The number of hydrogen-bond donors (Lipinski definition) is 1. The van der Waals surface area contributed by atoms with E-state index in [0.29, 0.717) is 0 Å². The first-order chi connectivity index (χ1) is 5.37. The Kier molecular flexibility index (Phi) is 3.69. The minimum Gasteiger partial charge on any atom is -0.474 e. The molecule has 0 spiro atoms. The van der Waals surface area contributed by atoms with Crippen molar-refractivity contribution in [3.8, 4) is 0 Å². The molecule has 1 unspecified atom stereocenters. The smallest absolute Gasteiger partial charge is 0.394 e. The highest BCUT2D eigenvalue weighted by Gasteiger charge is 2.22. The van der Waals surface area contributed by atoms with E-state index in [9.17, 15) is 9.59 Å². The van der Waals surface area contributed by atoms with E-state index in [1.807, 2.05) is 0 Å². The number of carbonyl (C=O) groups is 2. The summed E-state index contributed by atoms with van der Waals surface area (Å²) in [5.74, 6) is -2.32. The predicted molar refractivity (Wildman–Crippen MR) is 43.6 cm³/mol. The number of aliphatic carboxylic acids is 1. The van der Waals surface area contributed by atoms with E-state index in [1.165, 1.54) is 11.9 Å². The molecule has 70 valence electrons. The van der Waals surface area contributed by atoms with Crippen molar-refractivity contribution >= 4 is 11.9 Å². The highest BCUT2D eigenvalue weighted by Crippen LogP contribution is 1.98. The molecule has 0 aliphatic carbocycles. The van der Waals surface area contributed by atoms with Gasteiger partial charge in [-0.2, -0.15) is 0 Å². The van der Waals surface area contributed by atoms with Gasteiger partial charge in [-0.05, 0) is 21.0 Å². The molecule has 0 aromatic heterocycles. The molecule has 0 radical (unpaired) electrons. The molecule has 0 rings (SSSR count). The Morgan fingerprint density at radius 2 is 1.67 bits per heavy atom. The van der Waals surface area contributed by atoms with Gasteiger partial charge in [0.15, 0.2) is 0 Å². The first kappa shape index (κ1) is 10.9. The maximum atomic E-state index is 10.9. The molecule has 0 aliphatic rings. The quantitative estimate of drug-likeness (QED) is 0.450. The standard InChI is InChI=1S/C7H14N2O3/c1-5(8(2)3)9(4)6(10)7(11)12/h5H,1-4H3,(H,11,12). The van der Waals surface area contributed by atoms with E-state index in [-0.39, 0.29) is 6.17 Å². The van der Waals surface area contributed by atoms with Crippen LogP contribution in [0.5, 0.6) is 0 Å². The van der Waals surface area contributed by atoms with Crippen LogP contribution in [0.4, 0.5) is 0 Å². The number of amides is 1. The second-order valence-electron chi connectivity index (χ2n) is 2.82. The Morgan fingerprint density at radius 3 is 1.92 bits per heavy atom. The van der Waals surface area contributed by atoms with E-state index in [2.05, 4.69) is 0 Å². The Hall–Kier alpha value is -1.10. The molecule has 0 saturated heterocycles. The molecule has 0 aromatic carbocycles. The molecule has 0 bridgehead atoms. The van der Waals surface area contributed by atoms with Crippen molar-refractivity contribution in [2.24, 2.45) is 0 Å². The van der Waals surface area contributed by atoms with E-state index in [4.69, 9.17) is 5.11 Å². The second-order valence-corrected chi connectivity index (χ2v) is 2.82. The van der Waals surface area contributed by atoms with Gasteiger partial charge in [0.1, 0.15) is 0 Å². The molecule has 0 fully saturated rings. The zero-order chi connectivity index (χ0) is 9.89. The van der Waals surface area contributed by atoms with Crippen molar-refractivity contribution in [3.05, 3.63) is 0 Å². The number of hydrogen-bond acceptors (Lipinski definition) is 3. The van der Waals surface area contributed by atoms with Crippen molar-refractivity contribution in [1.82, 2.24) is 9.80 Å². The molecule has 12 heavy (non-hydrogen) atoms. The number of carbonyl (C=O) groups excluding carboxylic acids is 1. The van der Waals surface area contributed by atoms with Gasteiger partial charge >= 0.3 is 11.9 Å². The summed E-state index contributed by atoms with van der Waals surface area (Å²) in [4.78, 5) is 24.1. The van der Waals surface area contributed by atoms with Crippen molar-refractivity contribution in [1.29, 1.82) is 0 Å². The maximum Gasteiger partial charge on any atom is 0.394 e. The molecule has 5 nitrogen and oxygen atoms in total. The fraction of sp³-hybridized carbons (Fsp3) is 0.714. The van der Waals surface area contributed by atoms with Crippen LogP contribution in [0.3, 0.4) is 0 Å². The minimum atomic E-state index is -1.42. The summed E-state index contributed by atoms with van der Waals surface area (Å²) in [5, 5.41) is 8.37. The third-order valence-electron chi connectivity index (χ3n) is 1.81. The Balaban J connectivity index is 4.29. The van der Waals surface area contributed by atoms with Crippen molar-refractivity contribution < 1.29 is 14.7 Å². The monoisotopic (exact) mass is 174 g/mol. The third kappa shape index (κ3) is 2.50. The maximum absolute atomic E-state index is 10.9. The van der Waals surface area contributed by atoms with Gasteiger partial charge in [-0.3, -0.25) is 9.69 Å². The number of nitrogens with zero attached hydrogens (tertiary/aromatic N) is 2. The lowest BCUT2D eigenvalue weighted by molar-refractivity contribution is -0.157. The first-order valence-electron chi connectivity index (χ1n) is 3.54. The molecular weight excluding hydrogens is 160 g/mol. The number of likely N-dealkylation sites (N-methyl/N-ethyl adjacent to an activating group) is 1. The summed E-state index contributed by atoms with van der Waals surface area (Å²) in [6.45, 7) is 1.75. The van der Waals surface area contributed by atoms with Crippen LogP contribution in [0.2, 0.25) is 0 Å². The van der Waals surface area contributed by atoms with Gasteiger partial charge in [0.25, 0.3) is 0 Å². The summed E-state index contributed by atoms with van der Waals surface area (Å²) in [7, 11) is 5.01. The Morgan fingerprint density at radius 1 is 1.25 bits per heavy atom. The highest BCUT2D eigenvalue weighted by atomic mass is 16.4. The molecule has 1 atom stereocenters. The van der Waals surface area contributed by atoms with Crippen LogP contribution in [-0.2, 0) is 9.59 Å². The SMILES string of the molecule is CC(N(C)C)N(C)C(=O)C(=O)O. The largest absolute Gasteiger partial charge is 0.474 e. The van der Waals surface area contributed by atoms with E-state index in [1.54, 1.807) is 25.9 Å². The topological polar surface area (TPSA) is 60.9 Å². The van der Waals surface area contributed by atoms with E-state index < -0.39 is 11.9 Å². The Bertz CT molecular complexity index is 191. The summed E-state index contributed by atoms with van der Waals surface area (Å²) >= 11 is 0. The molecule has 0 saturated carbocycles. The predicted octanol–water partition coefficient (Wildman–Crippen LogP) is -0.563. The van der Waals surface area contributed by atoms with E-state index in [0.717, 1.165) is 0 Å². The summed E-state index contributed by atoms with van der Waals surface area (Å²) in [5.41, 5.74) is 0. The van der Waals surface area contributed by atoms with Crippen LogP contribution in [0.25, 0.3) is 0 Å². The lowest BCUT2D eigenvalue weighted by atomic mass is 10.4. The molecule has 0 aromatic rings. The molecule has 1 N–H and O–H groups in total. The van der Waals surface area contributed by atoms with Crippen molar-refractivity contribution in [3.63, 3.8) is 0 Å². The van der Waals surface area contributed by atoms with Gasteiger partial charge in [-0.15, -0.1) is 0 Å². The minimum absolute atomic E-state index is 0.214. The number of carboxylic acid groups (broad SMARTS) is 1. The fourth-order valence-electron chi connectivity index (χ4n) is 0.667. The fourth-order valence-corrected chi connectivity index (χ4v) is 0.667. The molecule has 1 amide bonds. The van der Waals surface area contributed by atoms with Crippen LogP contribution in [-0.4, -0.2) is 54.1 Å². The first-order valence-corrected chi connectivity index (χ1v) is 3.54. The van der Waals surface area contributed by atoms with Gasteiger partial charge in [0.2, 0.25) is 0 Å². The summed E-state index contributed by atoms with van der Waals surface area (Å²) < 4.78 is 0. The Labute approximate surface area is 71.6 Å². The second kappa shape index (κ2) is 4.06. The molecule has 5 heteroatoms. The zero-order valence-electron chi connectivity index (χ0n) is 7.74. The van der Waals surface area contributed by atoms with Gasteiger partial charge in [-0.1, -0.05) is 0 Å². The van der Waals surface area contributed by atoms with Gasteiger partial charge < -0.3 is 10.0 Å².